The van der Waals surface area contributed by atoms with E-state index in [9.17, 15) is 0 Å². The minimum atomic E-state index is 0.319. The molecule has 1 aliphatic carbocycles. The molecule has 2 rings (SSSR count). The molecule has 2 aliphatic rings. The Balaban J connectivity index is 2.00. The van der Waals surface area contributed by atoms with Crippen LogP contribution in [0.25, 0.3) is 0 Å². The van der Waals surface area contributed by atoms with Crippen LogP contribution < -0.4 is 5.73 Å². The van der Waals surface area contributed by atoms with Crippen molar-refractivity contribution in [2.75, 3.05) is 25.1 Å². The fourth-order valence-corrected chi connectivity index (χ4v) is 4.73. The van der Waals surface area contributed by atoms with E-state index >= 15 is 0 Å². The zero-order valence-corrected chi connectivity index (χ0v) is 11.4. The summed E-state index contributed by atoms with van der Waals surface area (Å²) in [6.45, 7) is 0.840. The molecule has 0 bridgehead atoms. The largest absolute Gasteiger partial charge is 0.329 e. The van der Waals surface area contributed by atoms with Crippen LogP contribution in [0, 0.1) is 0 Å². The van der Waals surface area contributed by atoms with Gasteiger partial charge >= 0.3 is 0 Å². The molecule has 0 spiro atoms. The molecule has 0 aromatic carbocycles. The number of hydrogen-bond donors (Lipinski definition) is 1. The lowest BCUT2D eigenvalue weighted by atomic mass is 9.93. The van der Waals surface area contributed by atoms with E-state index in [0.717, 1.165) is 12.6 Å². The highest BCUT2D eigenvalue weighted by atomic mass is 32.2. The van der Waals surface area contributed by atoms with E-state index in [4.69, 9.17) is 5.73 Å². The molecule has 3 heteroatoms. The Hall–Kier alpha value is 0.270. The highest BCUT2D eigenvalue weighted by Gasteiger charge is 2.39. The first-order valence-electron chi connectivity index (χ1n) is 6.79. The van der Waals surface area contributed by atoms with Crippen LogP contribution in [0.15, 0.2) is 0 Å². The molecule has 2 nitrogen and oxygen atoms in total. The number of nitrogens with two attached hydrogens (primary N) is 1. The summed E-state index contributed by atoms with van der Waals surface area (Å²) in [5.41, 5.74) is 6.38. The van der Waals surface area contributed by atoms with E-state index in [2.05, 4.69) is 23.7 Å². The van der Waals surface area contributed by atoms with Crippen molar-refractivity contribution in [2.24, 2.45) is 5.73 Å². The van der Waals surface area contributed by atoms with Crippen molar-refractivity contribution in [3.05, 3.63) is 0 Å². The smallest absolute Gasteiger partial charge is 0.0429 e. The van der Waals surface area contributed by atoms with Crippen molar-refractivity contribution in [3.63, 3.8) is 0 Å². The van der Waals surface area contributed by atoms with Crippen molar-refractivity contribution in [3.8, 4) is 0 Å². The summed E-state index contributed by atoms with van der Waals surface area (Å²) >= 11 is 2.08. The number of nitrogens with zero attached hydrogens (tertiary/aromatic N) is 1. The maximum absolute atomic E-state index is 6.06. The van der Waals surface area contributed by atoms with Gasteiger partial charge in [0, 0.05) is 23.9 Å². The molecule has 94 valence electrons. The van der Waals surface area contributed by atoms with E-state index < -0.39 is 0 Å². The molecule has 2 fully saturated rings. The number of likely N-dealkylation sites (N-methyl/N-ethyl adjacent to an activating group) is 1. The topological polar surface area (TPSA) is 29.3 Å². The van der Waals surface area contributed by atoms with Crippen molar-refractivity contribution in [2.45, 2.75) is 56.5 Å². The monoisotopic (exact) mass is 242 g/mol. The molecule has 1 unspecified atom stereocenters. The van der Waals surface area contributed by atoms with Gasteiger partial charge in [-0.2, -0.15) is 11.8 Å². The molecular weight excluding hydrogens is 216 g/mol. The normalized spacial score (nSPS) is 33.2. The Bertz CT molecular complexity index is 206. The van der Waals surface area contributed by atoms with Gasteiger partial charge in [-0.3, -0.25) is 4.90 Å². The van der Waals surface area contributed by atoms with Gasteiger partial charge in [-0.1, -0.05) is 25.7 Å². The average Bonchev–Trinajstić information content (AvgIpc) is 2.64. The summed E-state index contributed by atoms with van der Waals surface area (Å²) < 4.78 is 0. The number of rotatable bonds is 3. The Morgan fingerprint density at radius 3 is 2.44 bits per heavy atom. The second-order valence-electron chi connectivity index (χ2n) is 5.49. The zero-order valence-electron chi connectivity index (χ0n) is 10.6. The van der Waals surface area contributed by atoms with Crippen molar-refractivity contribution < 1.29 is 0 Å². The Morgan fingerprint density at radius 2 is 1.94 bits per heavy atom. The SMILES string of the molecule is CN(C1CCCCCC1)C1(CN)CCSC1. The standard InChI is InChI=1S/C13H26N2S/c1-15(12-6-4-2-3-5-7-12)13(10-14)8-9-16-11-13/h12H,2-11,14H2,1H3. The van der Waals surface area contributed by atoms with E-state index in [-0.39, 0.29) is 0 Å². The van der Waals surface area contributed by atoms with E-state index in [1.165, 1.54) is 56.5 Å². The highest BCUT2D eigenvalue weighted by molar-refractivity contribution is 7.99. The quantitative estimate of drug-likeness (QED) is 0.771. The van der Waals surface area contributed by atoms with Crippen LogP contribution in [0.1, 0.15) is 44.9 Å². The number of hydrogen-bond acceptors (Lipinski definition) is 3. The summed E-state index contributed by atoms with van der Waals surface area (Å²) in [5.74, 6) is 2.55. The summed E-state index contributed by atoms with van der Waals surface area (Å²) in [6, 6.07) is 0.796. The first-order chi connectivity index (χ1) is 7.78. The van der Waals surface area contributed by atoms with Gasteiger partial charge in [0.1, 0.15) is 0 Å². The van der Waals surface area contributed by atoms with Crippen LogP contribution in [0.5, 0.6) is 0 Å². The van der Waals surface area contributed by atoms with Crippen molar-refractivity contribution >= 4 is 11.8 Å². The van der Waals surface area contributed by atoms with Gasteiger partial charge in [0.25, 0.3) is 0 Å². The Morgan fingerprint density at radius 1 is 1.25 bits per heavy atom. The van der Waals surface area contributed by atoms with E-state index in [1.54, 1.807) is 0 Å². The Kier molecular flexibility index (Phi) is 4.57. The van der Waals surface area contributed by atoms with Gasteiger partial charge in [-0.15, -0.1) is 0 Å². The van der Waals surface area contributed by atoms with Gasteiger partial charge in [-0.25, -0.2) is 0 Å². The molecule has 1 aliphatic heterocycles. The fraction of sp³-hybridized carbons (Fsp3) is 1.00. The molecule has 0 aromatic rings. The van der Waals surface area contributed by atoms with Crippen molar-refractivity contribution in [1.29, 1.82) is 0 Å². The Labute approximate surface area is 104 Å². The van der Waals surface area contributed by atoms with Crippen LogP contribution in [-0.4, -0.2) is 41.6 Å². The second-order valence-corrected chi connectivity index (χ2v) is 6.59. The van der Waals surface area contributed by atoms with Gasteiger partial charge < -0.3 is 5.73 Å². The summed E-state index contributed by atoms with van der Waals surface area (Å²) in [4.78, 5) is 2.65. The molecular formula is C13H26N2S. The highest BCUT2D eigenvalue weighted by Crippen LogP contribution is 2.35. The minimum Gasteiger partial charge on any atom is -0.329 e. The summed E-state index contributed by atoms with van der Waals surface area (Å²) in [5, 5.41) is 0. The van der Waals surface area contributed by atoms with Gasteiger partial charge in [0.15, 0.2) is 0 Å². The second kappa shape index (κ2) is 5.74. The zero-order chi connectivity index (χ0) is 11.4. The predicted molar refractivity (Wildman–Crippen MR) is 73.0 cm³/mol. The summed E-state index contributed by atoms with van der Waals surface area (Å²) in [7, 11) is 2.33. The van der Waals surface area contributed by atoms with Crippen molar-refractivity contribution in [1.82, 2.24) is 4.90 Å². The third-order valence-corrected chi connectivity index (χ3v) is 5.82. The fourth-order valence-electron chi connectivity index (χ4n) is 3.21. The molecule has 0 amide bonds. The third-order valence-electron chi connectivity index (χ3n) is 4.58. The van der Waals surface area contributed by atoms with Gasteiger partial charge in [-0.05, 0) is 32.1 Å². The molecule has 1 saturated heterocycles. The minimum absolute atomic E-state index is 0.319. The van der Waals surface area contributed by atoms with Gasteiger partial charge in [0.2, 0.25) is 0 Å². The van der Waals surface area contributed by atoms with Crippen LogP contribution in [0.2, 0.25) is 0 Å². The number of thioether (sulfide) groups is 1. The first-order valence-corrected chi connectivity index (χ1v) is 7.95. The van der Waals surface area contributed by atoms with Crippen LogP contribution in [0.3, 0.4) is 0 Å². The maximum atomic E-state index is 6.06. The predicted octanol–water partition coefficient (Wildman–Crippen LogP) is 2.48. The van der Waals surface area contributed by atoms with Crippen LogP contribution in [-0.2, 0) is 0 Å². The molecule has 1 atom stereocenters. The van der Waals surface area contributed by atoms with Gasteiger partial charge in [0.05, 0.1) is 0 Å². The summed E-state index contributed by atoms with van der Waals surface area (Å²) in [6.07, 6.45) is 9.79. The lowest BCUT2D eigenvalue weighted by Crippen LogP contribution is -2.56. The molecule has 0 aromatic heterocycles. The van der Waals surface area contributed by atoms with E-state index in [1.807, 2.05) is 0 Å². The third kappa shape index (κ3) is 2.57. The molecule has 0 radical (unpaired) electrons. The molecule has 16 heavy (non-hydrogen) atoms. The lowest BCUT2D eigenvalue weighted by molar-refractivity contribution is 0.0885. The van der Waals surface area contributed by atoms with Crippen LogP contribution >= 0.6 is 11.8 Å². The first kappa shape index (κ1) is 12.7. The molecule has 2 N–H and O–H groups in total. The maximum Gasteiger partial charge on any atom is 0.0429 e. The molecule has 1 saturated carbocycles. The van der Waals surface area contributed by atoms with Crippen LogP contribution in [0.4, 0.5) is 0 Å². The average molecular weight is 242 g/mol. The lowest BCUT2D eigenvalue weighted by Gasteiger charge is -2.42. The van der Waals surface area contributed by atoms with E-state index in [0.29, 0.717) is 5.54 Å². The molecule has 1 heterocycles.